The normalized spacial score (nSPS) is 27.1. The Morgan fingerprint density at radius 3 is 2.86 bits per heavy atom. The molecule has 1 aromatic heterocycles. The van der Waals surface area contributed by atoms with Crippen LogP contribution < -0.4 is 0 Å². The fourth-order valence-corrected chi connectivity index (χ4v) is 3.53. The molecule has 1 aliphatic heterocycles. The minimum absolute atomic E-state index is 0.0312. The zero-order chi connectivity index (χ0) is 10.1. The van der Waals surface area contributed by atoms with E-state index in [1.165, 1.54) is 11.3 Å². The van der Waals surface area contributed by atoms with Crippen molar-refractivity contribution in [1.82, 2.24) is 0 Å². The van der Waals surface area contributed by atoms with Crippen LogP contribution in [0.4, 0.5) is 0 Å². The smallest absolute Gasteiger partial charge is 0.100 e. The first-order valence-corrected chi connectivity index (χ1v) is 6.45. The fourth-order valence-electron chi connectivity index (χ4n) is 1.68. The van der Waals surface area contributed by atoms with Gasteiger partial charge in [0.05, 0.1) is 10.4 Å². The lowest BCUT2D eigenvalue weighted by Gasteiger charge is -2.15. The van der Waals surface area contributed by atoms with Gasteiger partial charge in [0, 0.05) is 24.0 Å². The molecule has 1 aromatic rings. The predicted octanol–water partition coefficient (Wildman–Crippen LogP) is 4.37. The first-order valence-electron chi connectivity index (χ1n) is 4.34. The van der Waals surface area contributed by atoms with E-state index in [2.05, 4.69) is 0 Å². The highest BCUT2D eigenvalue weighted by Gasteiger charge is 2.31. The van der Waals surface area contributed by atoms with Gasteiger partial charge in [0.2, 0.25) is 0 Å². The average molecular weight is 272 g/mol. The third-order valence-corrected chi connectivity index (χ3v) is 4.32. The maximum atomic E-state index is 6.06. The molecule has 0 aliphatic carbocycles. The summed E-state index contributed by atoms with van der Waals surface area (Å²) < 4.78 is 7.04. The quantitative estimate of drug-likeness (QED) is 0.726. The van der Waals surface area contributed by atoms with E-state index in [9.17, 15) is 0 Å². The van der Waals surface area contributed by atoms with Crippen LogP contribution in [0.5, 0.6) is 0 Å². The molecule has 2 unspecified atom stereocenters. The second-order valence-corrected chi connectivity index (χ2v) is 5.87. The molecule has 0 bridgehead atoms. The van der Waals surface area contributed by atoms with E-state index in [1.807, 2.05) is 6.07 Å². The van der Waals surface area contributed by atoms with Crippen molar-refractivity contribution in [3.8, 4) is 0 Å². The van der Waals surface area contributed by atoms with Crippen molar-refractivity contribution >= 4 is 46.1 Å². The SMILES string of the molecule is ClCC1CCOC1c1cc(Cl)sc1Cl. The Morgan fingerprint density at radius 1 is 1.50 bits per heavy atom. The van der Waals surface area contributed by atoms with Gasteiger partial charge in [0.1, 0.15) is 4.34 Å². The van der Waals surface area contributed by atoms with Crippen LogP contribution in [-0.2, 0) is 4.74 Å². The van der Waals surface area contributed by atoms with Crippen LogP contribution in [0.15, 0.2) is 6.07 Å². The molecule has 2 atom stereocenters. The van der Waals surface area contributed by atoms with Crippen LogP contribution in [-0.4, -0.2) is 12.5 Å². The van der Waals surface area contributed by atoms with Crippen molar-refractivity contribution in [1.29, 1.82) is 0 Å². The summed E-state index contributed by atoms with van der Waals surface area (Å²) in [5.74, 6) is 0.967. The molecule has 0 spiro atoms. The van der Waals surface area contributed by atoms with Gasteiger partial charge in [0.15, 0.2) is 0 Å². The maximum absolute atomic E-state index is 6.06. The monoisotopic (exact) mass is 270 g/mol. The van der Waals surface area contributed by atoms with Gasteiger partial charge in [-0.25, -0.2) is 0 Å². The van der Waals surface area contributed by atoms with Crippen molar-refractivity contribution in [3.05, 3.63) is 20.3 Å². The predicted molar refractivity (Wildman–Crippen MR) is 61.9 cm³/mol. The molecule has 78 valence electrons. The molecular weight excluding hydrogens is 263 g/mol. The third-order valence-electron chi connectivity index (χ3n) is 2.40. The number of hydrogen-bond acceptors (Lipinski definition) is 2. The molecule has 1 fully saturated rings. The maximum Gasteiger partial charge on any atom is 0.100 e. The average Bonchev–Trinajstić information content (AvgIpc) is 2.71. The van der Waals surface area contributed by atoms with E-state index >= 15 is 0 Å². The molecule has 0 amide bonds. The number of hydrogen-bond donors (Lipinski definition) is 0. The molecule has 1 aliphatic rings. The molecule has 0 saturated carbocycles. The summed E-state index contributed by atoms with van der Waals surface area (Å²) in [4.78, 5) is 0. The summed E-state index contributed by atoms with van der Waals surface area (Å²) in [6.45, 7) is 0.756. The first-order chi connectivity index (χ1) is 6.72. The third kappa shape index (κ3) is 2.05. The second-order valence-electron chi connectivity index (χ2n) is 3.27. The molecule has 0 N–H and O–H groups in total. The molecule has 2 rings (SSSR count). The minimum atomic E-state index is 0.0312. The largest absolute Gasteiger partial charge is 0.373 e. The molecular formula is C9H9Cl3OS. The van der Waals surface area contributed by atoms with E-state index in [0.717, 1.165) is 22.9 Å². The number of ether oxygens (including phenoxy) is 1. The lowest BCUT2D eigenvalue weighted by atomic mass is 9.99. The van der Waals surface area contributed by atoms with Gasteiger partial charge >= 0.3 is 0 Å². The Hall–Kier alpha value is 0.530. The van der Waals surface area contributed by atoms with Gasteiger partial charge in [-0.3, -0.25) is 0 Å². The van der Waals surface area contributed by atoms with E-state index < -0.39 is 0 Å². The van der Waals surface area contributed by atoms with Crippen molar-refractivity contribution in [3.63, 3.8) is 0 Å². The van der Waals surface area contributed by atoms with E-state index in [1.54, 1.807) is 0 Å². The van der Waals surface area contributed by atoms with E-state index in [4.69, 9.17) is 39.5 Å². The van der Waals surface area contributed by atoms with Gasteiger partial charge in [-0.05, 0) is 12.5 Å². The Kier molecular flexibility index (Phi) is 3.61. The molecule has 0 aromatic carbocycles. The molecule has 5 heteroatoms. The molecule has 2 heterocycles. The Morgan fingerprint density at radius 2 is 2.29 bits per heavy atom. The first kappa shape index (κ1) is 11.0. The van der Waals surface area contributed by atoms with Gasteiger partial charge in [-0.1, -0.05) is 23.2 Å². The lowest BCUT2D eigenvalue weighted by molar-refractivity contribution is 0.0956. The van der Waals surface area contributed by atoms with Crippen molar-refractivity contribution in [2.45, 2.75) is 12.5 Å². The van der Waals surface area contributed by atoms with Gasteiger partial charge in [0.25, 0.3) is 0 Å². The van der Waals surface area contributed by atoms with Gasteiger partial charge in [-0.15, -0.1) is 22.9 Å². The molecule has 14 heavy (non-hydrogen) atoms. The number of alkyl halides is 1. The van der Waals surface area contributed by atoms with Gasteiger partial charge < -0.3 is 4.74 Å². The van der Waals surface area contributed by atoms with E-state index in [-0.39, 0.29) is 6.10 Å². The highest BCUT2D eigenvalue weighted by Crippen LogP contribution is 2.43. The summed E-state index contributed by atoms with van der Waals surface area (Å²) in [6.07, 6.45) is 1.03. The molecule has 1 saturated heterocycles. The summed E-state index contributed by atoms with van der Waals surface area (Å²) >= 11 is 19.2. The summed E-state index contributed by atoms with van der Waals surface area (Å²) in [5.41, 5.74) is 0.991. The Bertz CT molecular complexity index is 326. The topological polar surface area (TPSA) is 9.23 Å². The molecule has 1 nitrogen and oxygen atoms in total. The van der Waals surface area contributed by atoms with Gasteiger partial charge in [-0.2, -0.15) is 0 Å². The number of halogens is 3. The zero-order valence-corrected chi connectivity index (χ0v) is 10.4. The van der Waals surface area contributed by atoms with Crippen LogP contribution in [0.2, 0.25) is 8.67 Å². The summed E-state index contributed by atoms with van der Waals surface area (Å²) in [7, 11) is 0. The second kappa shape index (κ2) is 4.58. The highest BCUT2D eigenvalue weighted by molar-refractivity contribution is 7.20. The standard InChI is InChI=1S/C9H9Cl3OS/c10-4-5-1-2-13-8(5)6-3-7(11)14-9(6)12/h3,5,8H,1-2,4H2. The number of rotatable bonds is 2. The van der Waals surface area contributed by atoms with Crippen LogP contribution in [0, 0.1) is 5.92 Å². The Balaban J connectivity index is 2.25. The highest BCUT2D eigenvalue weighted by atomic mass is 35.5. The van der Waals surface area contributed by atoms with Crippen molar-refractivity contribution in [2.75, 3.05) is 12.5 Å². The van der Waals surface area contributed by atoms with Crippen LogP contribution in [0.1, 0.15) is 18.1 Å². The van der Waals surface area contributed by atoms with Crippen molar-refractivity contribution in [2.24, 2.45) is 5.92 Å². The van der Waals surface area contributed by atoms with Crippen LogP contribution in [0.3, 0.4) is 0 Å². The fraction of sp³-hybridized carbons (Fsp3) is 0.556. The number of thiophene rings is 1. The molecule has 0 radical (unpaired) electrons. The minimum Gasteiger partial charge on any atom is -0.373 e. The zero-order valence-electron chi connectivity index (χ0n) is 7.30. The summed E-state index contributed by atoms with van der Waals surface area (Å²) in [5, 5.41) is 0. The Labute approximate surface area is 102 Å². The lowest BCUT2D eigenvalue weighted by Crippen LogP contribution is -2.08. The van der Waals surface area contributed by atoms with Crippen LogP contribution >= 0.6 is 46.1 Å². The summed E-state index contributed by atoms with van der Waals surface area (Å²) in [6, 6.07) is 1.88. The van der Waals surface area contributed by atoms with Crippen LogP contribution in [0.25, 0.3) is 0 Å². The van der Waals surface area contributed by atoms with Crippen molar-refractivity contribution < 1.29 is 4.74 Å². The van der Waals surface area contributed by atoms with E-state index in [0.29, 0.717) is 16.1 Å².